The van der Waals surface area contributed by atoms with Crippen LogP contribution in [0.25, 0.3) is 10.6 Å². The van der Waals surface area contributed by atoms with E-state index in [0.717, 1.165) is 21.1 Å². The largest absolute Gasteiger partial charge is 0.328 e. The first-order chi connectivity index (χ1) is 9.74. The van der Waals surface area contributed by atoms with E-state index in [2.05, 4.69) is 15.2 Å². The van der Waals surface area contributed by atoms with Crippen LogP contribution in [0, 0.1) is 0 Å². The van der Waals surface area contributed by atoms with E-state index in [9.17, 15) is 4.79 Å². The van der Waals surface area contributed by atoms with Gasteiger partial charge in [0.05, 0.1) is 0 Å². The number of aromatic amines is 1. The Balaban J connectivity index is 1.90. The number of hydrogen-bond donors (Lipinski definition) is 1. The molecule has 0 saturated heterocycles. The number of pyridine rings is 1. The standard InChI is InChI=1S/C14H10ClN3OS/c15-12(9-4-2-1-3-5-9)14-18-17-13(20-14)10-6-7-11(19)16-8-10/h1-8,12H,(H,16,19). The highest BCUT2D eigenvalue weighted by atomic mass is 35.5. The summed E-state index contributed by atoms with van der Waals surface area (Å²) in [4.78, 5) is 13.7. The maximum Gasteiger partial charge on any atom is 0.247 e. The van der Waals surface area contributed by atoms with Crippen LogP contribution in [0.1, 0.15) is 15.9 Å². The molecule has 6 heteroatoms. The number of alkyl halides is 1. The number of rotatable bonds is 3. The number of nitrogens with zero attached hydrogens (tertiary/aromatic N) is 2. The van der Waals surface area contributed by atoms with Crippen LogP contribution in [0.3, 0.4) is 0 Å². The Morgan fingerprint density at radius 3 is 2.60 bits per heavy atom. The molecule has 0 saturated carbocycles. The van der Waals surface area contributed by atoms with E-state index in [1.807, 2.05) is 30.3 Å². The molecule has 0 bridgehead atoms. The van der Waals surface area contributed by atoms with Crippen molar-refractivity contribution in [2.45, 2.75) is 5.38 Å². The van der Waals surface area contributed by atoms with Crippen LogP contribution in [0.2, 0.25) is 0 Å². The first-order valence-corrected chi connectivity index (χ1v) is 7.21. The predicted octanol–water partition coefficient (Wildman–Crippen LogP) is 3.22. The smallest absolute Gasteiger partial charge is 0.247 e. The number of benzene rings is 1. The van der Waals surface area contributed by atoms with Crippen molar-refractivity contribution in [3.05, 3.63) is 69.6 Å². The average Bonchev–Trinajstić information content (AvgIpc) is 2.98. The van der Waals surface area contributed by atoms with Crippen molar-refractivity contribution in [3.8, 4) is 10.6 Å². The fraction of sp³-hybridized carbons (Fsp3) is 0.0714. The number of H-pyrrole nitrogens is 1. The monoisotopic (exact) mass is 303 g/mol. The molecule has 3 rings (SSSR count). The number of nitrogens with one attached hydrogen (secondary N) is 1. The SMILES string of the molecule is O=c1ccc(-c2nnc(C(Cl)c3ccccc3)s2)c[nH]1. The molecular weight excluding hydrogens is 294 g/mol. The van der Waals surface area contributed by atoms with Crippen LogP contribution in [0.4, 0.5) is 0 Å². The molecule has 2 heterocycles. The van der Waals surface area contributed by atoms with E-state index < -0.39 is 0 Å². The molecule has 1 unspecified atom stereocenters. The van der Waals surface area contributed by atoms with E-state index in [1.54, 1.807) is 12.3 Å². The molecule has 20 heavy (non-hydrogen) atoms. The molecule has 0 fully saturated rings. The Kier molecular flexibility index (Phi) is 3.62. The van der Waals surface area contributed by atoms with Gasteiger partial charge in [0, 0.05) is 17.8 Å². The molecule has 100 valence electrons. The molecule has 1 N–H and O–H groups in total. The van der Waals surface area contributed by atoms with Crippen LogP contribution >= 0.6 is 22.9 Å². The van der Waals surface area contributed by atoms with Gasteiger partial charge in [0.25, 0.3) is 0 Å². The number of aromatic nitrogens is 3. The molecular formula is C14H10ClN3OS. The van der Waals surface area contributed by atoms with E-state index in [4.69, 9.17) is 11.6 Å². The Hall–Kier alpha value is -1.98. The van der Waals surface area contributed by atoms with Crippen molar-refractivity contribution in [1.29, 1.82) is 0 Å². The highest BCUT2D eigenvalue weighted by Crippen LogP contribution is 2.33. The minimum atomic E-state index is -0.315. The van der Waals surface area contributed by atoms with Crippen LogP contribution in [-0.4, -0.2) is 15.2 Å². The molecule has 3 aromatic rings. The lowest BCUT2D eigenvalue weighted by Gasteiger charge is -2.04. The summed E-state index contributed by atoms with van der Waals surface area (Å²) in [5.41, 5.74) is 1.67. The van der Waals surface area contributed by atoms with Gasteiger partial charge in [-0.2, -0.15) is 0 Å². The van der Waals surface area contributed by atoms with Crippen LogP contribution in [-0.2, 0) is 0 Å². The van der Waals surface area contributed by atoms with E-state index in [1.165, 1.54) is 17.4 Å². The third-order valence-corrected chi connectivity index (χ3v) is 4.41. The van der Waals surface area contributed by atoms with Crippen molar-refractivity contribution < 1.29 is 0 Å². The van der Waals surface area contributed by atoms with Gasteiger partial charge in [0.15, 0.2) is 0 Å². The van der Waals surface area contributed by atoms with Gasteiger partial charge < -0.3 is 4.98 Å². The number of hydrogen-bond acceptors (Lipinski definition) is 4. The molecule has 4 nitrogen and oxygen atoms in total. The lowest BCUT2D eigenvalue weighted by molar-refractivity contribution is 0.987. The zero-order valence-electron chi connectivity index (χ0n) is 10.3. The van der Waals surface area contributed by atoms with Crippen molar-refractivity contribution in [3.63, 3.8) is 0 Å². The lowest BCUT2D eigenvalue weighted by Crippen LogP contribution is -2.01. The van der Waals surface area contributed by atoms with Gasteiger partial charge in [-0.25, -0.2) is 0 Å². The summed E-state index contributed by atoms with van der Waals surface area (Å²) in [5, 5.41) is 9.42. The highest BCUT2D eigenvalue weighted by Gasteiger charge is 2.16. The van der Waals surface area contributed by atoms with Gasteiger partial charge in [-0.05, 0) is 11.6 Å². The third-order valence-electron chi connectivity index (χ3n) is 2.78. The Labute approximate surface area is 124 Å². The second kappa shape index (κ2) is 5.56. The van der Waals surface area contributed by atoms with Gasteiger partial charge in [0.1, 0.15) is 15.4 Å². The Morgan fingerprint density at radius 1 is 1.10 bits per heavy atom. The summed E-state index contributed by atoms with van der Waals surface area (Å²) in [6.45, 7) is 0. The van der Waals surface area contributed by atoms with Gasteiger partial charge >= 0.3 is 0 Å². The molecule has 0 aliphatic rings. The van der Waals surface area contributed by atoms with Gasteiger partial charge in [-0.15, -0.1) is 21.8 Å². The quantitative estimate of drug-likeness (QED) is 0.756. The van der Waals surface area contributed by atoms with Gasteiger partial charge in [0.2, 0.25) is 5.56 Å². The normalized spacial score (nSPS) is 12.2. The summed E-state index contributed by atoms with van der Waals surface area (Å²) >= 11 is 7.83. The molecule has 0 aliphatic heterocycles. The van der Waals surface area contributed by atoms with E-state index >= 15 is 0 Å². The fourth-order valence-corrected chi connectivity index (χ4v) is 2.93. The van der Waals surface area contributed by atoms with Crippen molar-refractivity contribution >= 4 is 22.9 Å². The van der Waals surface area contributed by atoms with Crippen molar-refractivity contribution in [2.75, 3.05) is 0 Å². The highest BCUT2D eigenvalue weighted by molar-refractivity contribution is 7.15. The molecule has 0 amide bonds. The van der Waals surface area contributed by atoms with Gasteiger partial charge in [-0.1, -0.05) is 41.7 Å². The zero-order chi connectivity index (χ0) is 13.9. The summed E-state index contributed by atoms with van der Waals surface area (Å²) in [6.07, 6.45) is 1.62. The average molecular weight is 304 g/mol. The molecule has 1 aromatic carbocycles. The molecule has 0 aliphatic carbocycles. The minimum absolute atomic E-state index is 0.141. The maximum absolute atomic E-state index is 11.0. The van der Waals surface area contributed by atoms with Crippen molar-refractivity contribution in [1.82, 2.24) is 15.2 Å². The van der Waals surface area contributed by atoms with Crippen molar-refractivity contribution in [2.24, 2.45) is 0 Å². The van der Waals surface area contributed by atoms with Crippen LogP contribution < -0.4 is 5.56 Å². The molecule has 2 aromatic heterocycles. The summed E-state index contributed by atoms with van der Waals surface area (Å²) in [6, 6.07) is 12.9. The summed E-state index contributed by atoms with van der Waals surface area (Å²) in [5.74, 6) is 0. The van der Waals surface area contributed by atoms with Gasteiger partial charge in [-0.3, -0.25) is 4.79 Å². The first kappa shape index (κ1) is 13.0. The Morgan fingerprint density at radius 2 is 1.90 bits per heavy atom. The maximum atomic E-state index is 11.0. The summed E-state index contributed by atoms with van der Waals surface area (Å²) in [7, 11) is 0. The molecule has 0 spiro atoms. The Bertz CT molecular complexity index is 749. The zero-order valence-corrected chi connectivity index (χ0v) is 11.9. The number of halogens is 1. The minimum Gasteiger partial charge on any atom is -0.328 e. The second-order valence-electron chi connectivity index (χ2n) is 4.16. The summed E-state index contributed by atoms with van der Waals surface area (Å²) < 4.78 is 0. The topological polar surface area (TPSA) is 58.6 Å². The fourth-order valence-electron chi connectivity index (χ4n) is 1.76. The lowest BCUT2D eigenvalue weighted by atomic mass is 10.1. The van der Waals surface area contributed by atoms with E-state index in [0.29, 0.717) is 0 Å². The van der Waals surface area contributed by atoms with E-state index in [-0.39, 0.29) is 10.9 Å². The first-order valence-electron chi connectivity index (χ1n) is 5.95. The predicted molar refractivity (Wildman–Crippen MR) is 80.1 cm³/mol. The van der Waals surface area contributed by atoms with Crippen LogP contribution in [0.5, 0.6) is 0 Å². The molecule has 0 radical (unpaired) electrons. The third kappa shape index (κ3) is 2.64. The second-order valence-corrected chi connectivity index (χ2v) is 5.61. The molecule has 1 atom stereocenters. The van der Waals surface area contributed by atoms with Crippen LogP contribution in [0.15, 0.2) is 53.5 Å².